The molecule has 0 aliphatic carbocycles. The molecule has 6 nitrogen and oxygen atoms in total. The lowest BCUT2D eigenvalue weighted by atomic mass is 10.3. The summed E-state index contributed by atoms with van der Waals surface area (Å²) < 4.78 is 10.6. The van der Waals surface area contributed by atoms with Crippen molar-refractivity contribution in [2.75, 3.05) is 25.5 Å². The third-order valence-corrected chi connectivity index (χ3v) is 4.77. The normalized spacial score (nSPS) is 10.9. The second-order valence-electron chi connectivity index (χ2n) is 5.67. The number of methoxy groups -OCH3 is 1. The molecule has 0 radical (unpaired) electrons. The first-order valence-electron chi connectivity index (χ1n) is 8.33. The molecule has 26 heavy (non-hydrogen) atoms. The Balaban J connectivity index is 1.60. The molecule has 136 valence electrons. The highest BCUT2D eigenvalue weighted by Crippen LogP contribution is 2.25. The maximum Gasteiger partial charge on any atom is 0.238 e. The van der Waals surface area contributed by atoms with Crippen LogP contribution in [0.5, 0.6) is 5.75 Å². The number of benzene rings is 1. The number of carbonyl (C=O) groups excluding carboxylic acids is 1. The van der Waals surface area contributed by atoms with Crippen LogP contribution in [0.1, 0.15) is 12.6 Å². The third-order valence-electron chi connectivity index (χ3n) is 3.86. The van der Waals surface area contributed by atoms with Crippen LogP contribution < -0.4 is 10.1 Å². The number of nitrogens with zero attached hydrogens (tertiary/aromatic N) is 2. The van der Waals surface area contributed by atoms with Crippen molar-refractivity contribution in [1.82, 2.24) is 9.88 Å². The number of nitrogens with one attached hydrogen (secondary N) is 1. The minimum Gasteiger partial charge on any atom is -0.495 e. The van der Waals surface area contributed by atoms with Gasteiger partial charge in [-0.05, 0) is 30.8 Å². The Morgan fingerprint density at radius 1 is 1.31 bits per heavy atom. The summed E-state index contributed by atoms with van der Waals surface area (Å²) in [6.45, 7) is 3.65. The molecule has 0 spiro atoms. The van der Waals surface area contributed by atoms with Gasteiger partial charge in [0.2, 0.25) is 5.91 Å². The van der Waals surface area contributed by atoms with E-state index in [-0.39, 0.29) is 12.5 Å². The Morgan fingerprint density at radius 2 is 2.15 bits per heavy atom. The van der Waals surface area contributed by atoms with Crippen LogP contribution in [-0.2, 0) is 11.3 Å². The van der Waals surface area contributed by atoms with Crippen molar-refractivity contribution in [2.24, 2.45) is 0 Å². The molecule has 3 aromatic rings. The Bertz CT molecular complexity index is 845. The number of amides is 1. The zero-order valence-corrected chi connectivity index (χ0v) is 15.6. The van der Waals surface area contributed by atoms with Gasteiger partial charge < -0.3 is 14.5 Å². The molecule has 7 heteroatoms. The lowest BCUT2D eigenvalue weighted by Gasteiger charge is -2.19. The number of furan rings is 1. The number of anilines is 1. The molecule has 0 unspecified atom stereocenters. The Hall–Kier alpha value is -2.64. The Kier molecular flexibility index (Phi) is 6.04. The summed E-state index contributed by atoms with van der Waals surface area (Å²) in [6.07, 6.45) is 1.64. The molecule has 3 rings (SSSR count). The van der Waals surface area contributed by atoms with E-state index in [0.29, 0.717) is 18.0 Å². The number of para-hydroxylation sites is 2. The first-order chi connectivity index (χ1) is 12.7. The third kappa shape index (κ3) is 4.50. The molecule has 1 aromatic carbocycles. The number of carbonyl (C=O) groups is 1. The van der Waals surface area contributed by atoms with Crippen LogP contribution >= 0.6 is 11.3 Å². The van der Waals surface area contributed by atoms with Crippen molar-refractivity contribution < 1.29 is 13.9 Å². The van der Waals surface area contributed by atoms with Crippen molar-refractivity contribution in [3.63, 3.8) is 0 Å². The maximum atomic E-state index is 12.4. The average molecular weight is 371 g/mol. The minimum absolute atomic E-state index is 0.0853. The molecule has 0 saturated carbocycles. The zero-order chi connectivity index (χ0) is 18.4. The van der Waals surface area contributed by atoms with Crippen molar-refractivity contribution in [1.29, 1.82) is 0 Å². The van der Waals surface area contributed by atoms with Crippen LogP contribution in [0.4, 0.5) is 5.69 Å². The second-order valence-corrected chi connectivity index (χ2v) is 6.53. The van der Waals surface area contributed by atoms with E-state index in [9.17, 15) is 4.79 Å². The van der Waals surface area contributed by atoms with Crippen molar-refractivity contribution in [2.45, 2.75) is 13.5 Å². The molecule has 0 bridgehead atoms. The Morgan fingerprint density at radius 3 is 2.88 bits per heavy atom. The fourth-order valence-electron chi connectivity index (χ4n) is 2.54. The van der Waals surface area contributed by atoms with Gasteiger partial charge in [0.15, 0.2) is 10.8 Å². The van der Waals surface area contributed by atoms with Gasteiger partial charge in [0.25, 0.3) is 0 Å². The SMILES string of the molecule is CCN(CC(=O)Nc1ccccc1OC)Cc1csc(-c2ccco2)n1. The van der Waals surface area contributed by atoms with E-state index in [2.05, 4.69) is 10.3 Å². The van der Waals surface area contributed by atoms with Gasteiger partial charge in [0, 0.05) is 11.9 Å². The van der Waals surface area contributed by atoms with E-state index in [1.165, 1.54) is 11.3 Å². The van der Waals surface area contributed by atoms with Gasteiger partial charge in [-0.25, -0.2) is 4.98 Å². The molecule has 0 saturated heterocycles. The quantitative estimate of drug-likeness (QED) is 0.651. The Labute approximate surface area is 156 Å². The van der Waals surface area contributed by atoms with E-state index < -0.39 is 0 Å². The fourth-order valence-corrected chi connectivity index (χ4v) is 3.32. The highest BCUT2D eigenvalue weighted by molar-refractivity contribution is 7.13. The number of ether oxygens (including phenoxy) is 1. The van der Waals surface area contributed by atoms with Crippen molar-refractivity contribution in [3.05, 3.63) is 53.7 Å². The molecule has 2 heterocycles. The standard InChI is InChI=1S/C19H21N3O3S/c1-3-22(11-14-13-26-19(20-14)17-9-6-10-25-17)12-18(23)21-15-7-4-5-8-16(15)24-2/h4-10,13H,3,11-12H2,1-2H3,(H,21,23). The summed E-state index contributed by atoms with van der Waals surface area (Å²) in [5.74, 6) is 1.32. The van der Waals surface area contributed by atoms with E-state index in [4.69, 9.17) is 9.15 Å². The van der Waals surface area contributed by atoms with Gasteiger partial charge >= 0.3 is 0 Å². The number of hydrogen-bond donors (Lipinski definition) is 1. The highest BCUT2D eigenvalue weighted by atomic mass is 32.1. The van der Waals surface area contributed by atoms with Crippen LogP contribution in [0, 0.1) is 0 Å². The number of likely N-dealkylation sites (N-methyl/N-ethyl adjacent to an activating group) is 1. The predicted octanol–water partition coefficient (Wildman–Crippen LogP) is 3.87. The largest absolute Gasteiger partial charge is 0.495 e. The maximum absolute atomic E-state index is 12.4. The van der Waals surface area contributed by atoms with Gasteiger partial charge in [-0.1, -0.05) is 19.1 Å². The summed E-state index contributed by atoms with van der Waals surface area (Å²) in [5.41, 5.74) is 1.60. The molecule has 2 aromatic heterocycles. The van der Waals surface area contributed by atoms with Gasteiger partial charge in [0.05, 0.1) is 31.3 Å². The topological polar surface area (TPSA) is 67.6 Å². The molecule has 0 aliphatic heterocycles. The smallest absolute Gasteiger partial charge is 0.238 e. The summed E-state index contributed by atoms with van der Waals surface area (Å²) in [4.78, 5) is 19.0. The second kappa shape index (κ2) is 8.64. The minimum atomic E-state index is -0.0853. The van der Waals surface area contributed by atoms with Gasteiger partial charge in [-0.3, -0.25) is 9.69 Å². The van der Waals surface area contributed by atoms with Gasteiger partial charge in [0.1, 0.15) is 5.75 Å². The molecular weight excluding hydrogens is 350 g/mol. The van der Waals surface area contributed by atoms with Crippen LogP contribution in [0.25, 0.3) is 10.8 Å². The lowest BCUT2D eigenvalue weighted by Crippen LogP contribution is -2.32. The van der Waals surface area contributed by atoms with Crippen LogP contribution in [-0.4, -0.2) is 36.0 Å². The highest BCUT2D eigenvalue weighted by Gasteiger charge is 2.14. The summed E-state index contributed by atoms with van der Waals surface area (Å²) in [6, 6.07) is 11.1. The van der Waals surface area contributed by atoms with Crippen LogP contribution in [0.3, 0.4) is 0 Å². The summed E-state index contributed by atoms with van der Waals surface area (Å²) >= 11 is 1.54. The van der Waals surface area contributed by atoms with Gasteiger partial charge in [-0.2, -0.15) is 0 Å². The predicted molar refractivity (Wildman–Crippen MR) is 102 cm³/mol. The molecule has 1 N–H and O–H groups in total. The van der Waals surface area contributed by atoms with Crippen LogP contribution in [0.15, 0.2) is 52.5 Å². The summed E-state index contributed by atoms with van der Waals surface area (Å²) in [5, 5.41) is 5.75. The molecule has 0 aliphatic rings. The van der Waals surface area contributed by atoms with Crippen molar-refractivity contribution >= 4 is 22.9 Å². The van der Waals surface area contributed by atoms with E-state index in [1.807, 2.05) is 53.6 Å². The number of aromatic nitrogens is 1. The molecule has 0 atom stereocenters. The van der Waals surface area contributed by atoms with Crippen molar-refractivity contribution in [3.8, 4) is 16.5 Å². The summed E-state index contributed by atoms with van der Waals surface area (Å²) in [7, 11) is 1.59. The van der Waals surface area contributed by atoms with E-state index >= 15 is 0 Å². The van der Waals surface area contributed by atoms with E-state index in [1.54, 1.807) is 13.4 Å². The van der Waals surface area contributed by atoms with Crippen LogP contribution in [0.2, 0.25) is 0 Å². The first kappa shape index (κ1) is 18.2. The molecule has 1 amide bonds. The number of hydrogen-bond acceptors (Lipinski definition) is 6. The van der Waals surface area contributed by atoms with Gasteiger partial charge in [-0.15, -0.1) is 11.3 Å². The fraction of sp³-hybridized carbons (Fsp3) is 0.263. The molecule has 0 fully saturated rings. The number of thiazole rings is 1. The van der Waals surface area contributed by atoms with E-state index in [0.717, 1.165) is 23.0 Å². The molecular formula is C19H21N3O3S. The first-order valence-corrected chi connectivity index (χ1v) is 9.21. The monoisotopic (exact) mass is 371 g/mol. The zero-order valence-electron chi connectivity index (χ0n) is 14.8. The average Bonchev–Trinajstić information content (AvgIpc) is 3.33. The number of rotatable bonds is 8. The lowest BCUT2D eigenvalue weighted by molar-refractivity contribution is -0.117.